The number of halogens is 2. The van der Waals surface area contributed by atoms with Gasteiger partial charge < -0.3 is 14.5 Å². The number of amides is 1. The molecule has 0 radical (unpaired) electrons. The molecule has 1 heterocycles. The Labute approximate surface area is 215 Å². The zero-order chi connectivity index (χ0) is 25.9. The number of benzene rings is 3. The quantitative estimate of drug-likeness (QED) is 0.453. The highest BCUT2D eigenvalue weighted by Gasteiger charge is 2.32. The molecule has 1 fully saturated rings. The summed E-state index contributed by atoms with van der Waals surface area (Å²) >= 11 is 6.16. The van der Waals surface area contributed by atoms with Crippen molar-refractivity contribution in [2.45, 2.75) is 11.8 Å². The van der Waals surface area contributed by atoms with Crippen LogP contribution >= 0.6 is 11.6 Å². The van der Waals surface area contributed by atoms with Crippen LogP contribution in [0.3, 0.4) is 0 Å². The average Bonchev–Trinajstić information content (AvgIpc) is 2.89. The summed E-state index contributed by atoms with van der Waals surface area (Å²) < 4.78 is 47.7. The topological polar surface area (TPSA) is 70.2 Å². The van der Waals surface area contributed by atoms with Gasteiger partial charge in [0, 0.05) is 36.9 Å². The molecule has 3 aromatic carbocycles. The second-order valence-electron chi connectivity index (χ2n) is 8.44. The Bertz CT molecular complexity index is 1340. The largest absolute Gasteiger partial charge is 0.497 e. The van der Waals surface area contributed by atoms with Gasteiger partial charge in [0.25, 0.3) is 10.0 Å². The van der Waals surface area contributed by atoms with Gasteiger partial charge in [-0.15, -0.1) is 0 Å². The highest BCUT2D eigenvalue weighted by atomic mass is 35.5. The highest BCUT2D eigenvalue weighted by Crippen LogP contribution is 2.28. The predicted octanol–water partition coefficient (Wildman–Crippen LogP) is 4.34. The molecular weight excluding hydrogens is 505 g/mol. The summed E-state index contributed by atoms with van der Waals surface area (Å²) in [6.07, 6.45) is 0. The molecule has 1 aliphatic rings. The summed E-state index contributed by atoms with van der Waals surface area (Å²) in [6, 6.07) is 17.0. The van der Waals surface area contributed by atoms with Gasteiger partial charge in [0.15, 0.2) is 0 Å². The third-order valence-corrected chi connectivity index (χ3v) is 8.20. The molecule has 0 N–H and O–H groups in total. The van der Waals surface area contributed by atoms with Crippen molar-refractivity contribution in [3.63, 3.8) is 0 Å². The van der Waals surface area contributed by atoms with Crippen LogP contribution in [0.4, 0.5) is 15.8 Å². The molecule has 190 valence electrons. The molecule has 4 rings (SSSR count). The molecule has 0 aliphatic carbocycles. The zero-order valence-electron chi connectivity index (χ0n) is 20.0. The van der Waals surface area contributed by atoms with E-state index in [4.69, 9.17) is 16.3 Å². The Balaban J connectivity index is 1.55. The normalized spacial score (nSPS) is 14.0. The maximum atomic E-state index is 14.7. The van der Waals surface area contributed by atoms with Gasteiger partial charge in [-0.2, -0.15) is 0 Å². The number of carbonyl (C=O) groups excluding carboxylic acids is 1. The minimum atomic E-state index is -4.23. The minimum Gasteiger partial charge on any atom is -0.497 e. The number of hydrogen-bond acceptors (Lipinski definition) is 5. The molecule has 0 aromatic heterocycles. The first-order valence-electron chi connectivity index (χ1n) is 11.4. The maximum absolute atomic E-state index is 14.7. The number of nitrogens with zero attached hydrogens (tertiary/aromatic N) is 3. The zero-order valence-corrected chi connectivity index (χ0v) is 21.6. The van der Waals surface area contributed by atoms with Crippen LogP contribution in [0.1, 0.15) is 5.56 Å². The molecule has 1 saturated heterocycles. The fourth-order valence-corrected chi connectivity index (χ4v) is 5.76. The van der Waals surface area contributed by atoms with Gasteiger partial charge in [-0.25, -0.2) is 12.8 Å². The summed E-state index contributed by atoms with van der Waals surface area (Å²) in [5.41, 5.74) is 1.90. The van der Waals surface area contributed by atoms with Crippen molar-refractivity contribution in [2.75, 3.05) is 49.0 Å². The predicted molar refractivity (Wildman–Crippen MR) is 139 cm³/mol. The number of para-hydroxylation sites is 1. The lowest BCUT2D eigenvalue weighted by molar-refractivity contribution is -0.129. The summed E-state index contributed by atoms with van der Waals surface area (Å²) in [5.74, 6) is -0.656. The van der Waals surface area contributed by atoms with Crippen molar-refractivity contribution in [2.24, 2.45) is 0 Å². The third-order valence-electron chi connectivity index (χ3n) is 6.19. The number of rotatable bonds is 7. The molecule has 36 heavy (non-hydrogen) atoms. The molecule has 0 unspecified atom stereocenters. The Morgan fingerprint density at radius 2 is 1.69 bits per heavy atom. The fourth-order valence-electron chi connectivity index (χ4n) is 4.17. The maximum Gasteiger partial charge on any atom is 0.264 e. The molecule has 0 bridgehead atoms. The lowest BCUT2D eigenvalue weighted by Crippen LogP contribution is -2.52. The molecule has 10 heteroatoms. The summed E-state index contributed by atoms with van der Waals surface area (Å²) in [4.78, 5) is 17.0. The fraction of sp³-hybridized carbons (Fsp3) is 0.269. The van der Waals surface area contributed by atoms with Gasteiger partial charge in [0.1, 0.15) is 18.1 Å². The number of carbonyl (C=O) groups is 1. The molecule has 0 atom stereocenters. The number of piperazine rings is 1. The first-order valence-corrected chi connectivity index (χ1v) is 13.2. The van der Waals surface area contributed by atoms with Crippen molar-refractivity contribution in [3.8, 4) is 5.75 Å². The van der Waals surface area contributed by atoms with Crippen LogP contribution in [-0.4, -0.2) is 59.1 Å². The first-order chi connectivity index (χ1) is 17.2. The Morgan fingerprint density at radius 1 is 1.03 bits per heavy atom. The van der Waals surface area contributed by atoms with E-state index in [1.165, 1.54) is 55.6 Å². The lowest BCUT2D eigenvalue weighted by atomic mass is 10.1. The van der Waals surface area contributed by atoms with Crippen molar-refractivity contribution >= 4 is 38.9 Å². The van der Waals surface area contributed by atoms with E-state index in [1.54, 1.807) is 4.90 Å². The van der Waals surface area contributed by atoms with E-state index in [0.29, 0.717) is 37.0 Å². The molecule has 3 aromatic rings. The number of methoxy groups -OCH3 is 1. The number of anilines is 2. The second kappa shape index (κ2) is 10.8. The monoisotopic (exact) mass is 531 g/mol. The van der Waals surface area contributed by atoms with Gasteiger partial charge in [0.05, 0.1) is 17.7 Å². The average molecular weight is 532 g/mol. The Hall–Kier alpha value is -3.30. The molecule has 7 nitrogen and oxygen atoms in total. The van der Waals surface area contributed by atoms with Gasteiger partial charge in [-0.05, 0) is 61.0 Å². The van der Waals surface area contributed by atoms with Crippen LogP contribution < -0.4 is 13.9 Å². The van der Waals surface area contributed by atoms with Gasteiger partial charge >= 0.3 is 0 Å². The smallest absolute Gasteiger partial charge is 0.264 e. The molecule has 0 saturated carbocycles. The van der Waals surface area contributed by atoms with Crippen LogP contribution in [0.5, 0.6) is 5.75 Å². The van der Waals surface area contributed by atoms with Crippen molar-refractivity contribution < 1.29 is 22.3 Å². The molecular formula is C26H27ClFN3O4S. The minimum absolute atomic E-state index is 0.0689. The third kappa shape index (κ3) is 5.42. The van der Waals surface area contributed by atoms with Gasteiger partial charge in [-0.3, -0.25) is 9.10 Å². The van der Waals surface area contributed by atoms with E-state index in [2.05, 4.69) is 4.90 Å². The van der Waals surface area contributed by atoms with E-state index in [-0.39, 0.29) is 10.6 Å². The number of hydrogen-bond donors (Lipinski definition) is 0. The van der Waals surface area contributed by atoms with Crippen LogP contribution in [-0.2, 0) is 14.8 Å². The summed E-state index contributed by atoms with van der Waals surface area (Å²) in [6.45, 7) is 3.41. The van der Waals surface area contributed by atoms with E-state index in [0.717, 1.165) is 15.6 Å². The van der Waals surface area contributed by atoms with E-state index < -0.39 is 28.3 Å². The number of sulfonamides is 1. The Kier molecular flexibility index (Phi) is 7.70. The van der Waals surface area contributed by atoms with Crippen LogP contribution in [0.25, 0.3) is 0 Å². The van der Waals surface area contributed by atoms with E-state index >= 15 is 0 Å². The first kappa shape index (κ1) is 25.8. The van der Waals surface area contributed by atoms with Gasteiger partial charge in [-0.1, -0.05) is 29.8 Å². The van der Waals surface area contributed by atoms with Crippen molar-refractivity contribution in [3.05, 3.63) is 83.1 Å². The second-order valence-corrected chi connectivity index (χ2v) is 10.7. The highest BCUT2D eigenvalue weighted by molar-refractivity contribution is 7.92. The van der Waals surface area contributed by atoms with Crippen LogP contribution in [0.2, 0.25) is 5.02 Å². The van der Waals surface area contributed by atoms with Crippen LogP contribution in [0, 0.1) is 12.7 Å². The van der Waals surface area contributed by atoms with Gasteiger partial charge in [0.2, 0.25) is 5.91 Å². The van der Waals surface area contributed by atoms with Crippen LogP contribution in [0.15, 0.2) is 71.6 Å². The Morgan fingerprint density at radius 3 is 2.33 bits per heavy atom. The van der Waals surface area contributed by atoms with E-state index in [1.807, 2.05) is 25.1 Å². The standard InChI is InChI=1S/C26H27ClFN3O4S/c1-19-7-8-20(27)17-25(19)29-13-15-30(16-14-29)26(32)18-31(24-6-4-3-5-23(24)28)36(33,34)22-11-9-21(35-2)10-12-22/h3-12,17H,13-16,18H2,1-2H3. The SMILES string of the molecule is COc1ccc(S(=O)(=O)N(CC(=O)N2CCN(c3cc(Cl)ccc3C)CC2)c2ccccc2F)cc1. The molecule has 1 aliphatic heterocycles. The summed E-state index contributed by atoms with van der Waals surface area (Å²) in [5, 5.41) is 0.637. The molecule has 0 spiro atoms. The number of ether oxygens (including phenoxy) is 1. The van der Waals surface area contributed by atoms with E-state index in [9.17, 15) is 17.6 Å². The summed E-state index contributed by atoms with van der Waals surface area (Å²) in [7, 11) is -2.76. The molecule has 1 amide bonds. The van der Waals surface area contributed by atoms with Crippen molar-refractivity contribution in [1.29, 1.82) is 0 Å². The number of aryl methyl sites for hydroxylation is 1. The van der Waals surface area contributed by atoms with Crippen molar-refractivity contribution in [1.82, 2.24) is 4.90 Å². The lowest BCUT2D eigenvalue weighted by Gasteiger charge is -2.37.